The van der Waals surface area contributed by atoms with Gasteiger partial charge >= 0.3 is 0 Å². The second kappa shape index (κ2) is 8.08. The van der Waals surface area contributed by atoms with Crippen molar-refractivity contribution in [2.45, 2.75) is 19.4 Å². The third-order valence-corrected chi connectivity index (χ3v) is 6.39. The summed E-state index contributed by atoms with van der Waals surface area (Å²) >= 11 is 0. The van der Waals surface area contributed by atoms with E-state index in [1.165, 1.54) is 10.9 Å². The Morgan fingerprint density at radius 3 is 2.50 bits per heavy atom. The number of amides is 1. The Balaban J connectivity index is 1.69. The number of methoxy groups -OCH3 is 2. The van der Waals surface area contributed by atoms with Gasteiger partial charge in [-0.1, -0.05) is 42.5 Å². The molecule has 1 amide bonds. The number of benzene rings is 3. The average molecular weight is 427 g/mol. The molecule has 162 valence electrons. The second-order valence-electron chi connectivity index (χ2n) is 8.14. The Labute approximate surface area is 187 Å². The van der Waals surface area contributed by atoms with E-state index in [0.717, 1.165) is 34.3 Å². The quantitative estimate of drug-likeness (QED) is 0.483. The largest absolute Gasteiger partial charge is 0.493 e. The Morgan fingerprint density at radius 1 is 0.969 bits per heavy atom. The maximum atomic E-state index is 13.8. The first-order valence-electron chi connectivity index (χ1n) is 10.8. The number of aromatic nitrogens is 1. The van der Waals surface area contributed by atoms with E-state index in [9.17, 15) is 4.79 Å². The zero-order valence-corrected chi connectivity index (χ0v) is 18.5. The number of nitrogens with one attached hydrogen (secondary N) is 1. The van der Waals surface area contributed by atoms with Gasteiger partial charge in [0, 0.05) is 28.7 Å². The van der Waals surface area contributed by atoms with Gasteiger partial charge in [-0.05, 0) is 54.3 Å². The van der Waals surface area contributed by atoms with Gasteiger partial charge in [0.15, 0.2) is 11.5 Å². The third-order valence-electron chi connectivity index (χ3n) is 6.39. The fourth-order valence-electron chi connectivity index (χ4n) is 4.80. The highest BCUT2D eigenvalue weighted by Crippen LogP contribution is 2.41. The van der Waals surface area contributed by atoms with Crippen molar-refractivity contribution in [3.05, 3.63) is 94.7 Å². The number of aromatic amines is 1. The molecule has 1 aliphatic heterocycles. The number of carbonyl (C=O) groups is 1. The molecule has 1 aliphatic rings. The predicted molar refractivity (Wildman–Crippen MR) is 126 cm³/mol. The Bertz CT molecular complexity index is 1310. The second-order valence-corrected chi connectivity index (χ2v) is 8.14. The molecule has 3 aromatic carbocycles. The standard InChI is InChI=1S/C27H26N2O3/c1-17-8-4-5-9-19(17)27(30)29-15-14-21-20-10-6-7-11-22(20)28-25(21)26(29)18-12-13-23(31-2)24(16-18)32-3/h4-13,16,26,28H,14-15H2,1-3H3. The lowest BCUT2D eigenvalue weighted by atomic mass is 9.91. The van der Waals surface area contributed by atoms with Gasteiger partial charge in [-0.15, -0.1) is 0 Å². The van der Waals surface area contributed by atoms with E-state index >= 15 is 0 Å². The molecule has 1 atom stereocenters. The van der Waals surface area contributed by atoms with Crippen molar-refractivity contribution in [3.8, 4) is 11.5 Å². The molecule has 0 saturated carbocycles. The van der Waals surface area contributed by atoms with Crippen LogP contribution in [0.15, 0.2) is 66.7 Å². The maximum absolute atomic E-state index is 13.8. The summed E-state index contributed by atoms with van der Waals surface area (Å²) in [5, 5.41) is 1.22. The molecule has 4 aromatic rings. The van der Waals surface area contributed by atoms with Gasteiger partial charge in [0.2, 0.25) is 0 Å². The first kappa shape index (κ1) is 20.2. The van der Waals surface area contributed by atoms with Crippen LogP contribution in [0.25, 0.3) is 10.9 Å². The normalized spacial score (nSPS) is 15.5. The molecule has 5 heteroatoms. The monoisotopic (exact) mass is 426 g/mol. The molecule has 0 aliphatic carbocycles. The van der Waals surface area contributed by atoms with Crippen LogP contribution in [0.1, 0.15) is 38.8 Å². The van der Waals surface area contributed by atoms with Crippen molar-refractivity contribution in [1.82, 2.24) is 9.88 Å². The van der Waals surface area contributed by atoms with Crippen LogP contribution in [0, 0.1) is 6.92 Å². The first-order chi connectivity index (χ1) is 15.6. The molecule has 0 spiro atoms. The van der Waals surface area contributed by atoms with E-state index in [1.54, 1.807) is 14.2 Å². The van der Waals surface area contributed by atoms with E-state index in [1.807, 2.05) is 60.4 Å². The SMILES string of the molecule is COc1ccc(C2c3[nH]c4ccccc4c3CCN2C(=O)c2ccccc2C)cc1OC. The number of rotatable bonds is 4. The van der Waals surface area contributed by atoms with E-state index in [4.69, 9.17) is 9.47 Å². The van der Waals surface area contributed by atoms with Crippen molar-refractivity contribution in [1.29, 1.82) is 0 Å². The molecular formula is C27H26N2O3. The minimum Gasteiger partial charge on any atom is -0.493 e. The van der Waals surface area contributed by atoms with Crippen LogP contribution in [0.5, 0.6) is 11.5 Å². The topological polar surface area (TPSA) is 54.6 Å². The highest BCUT2D eigenvalue weighted by atomic mass is 16.5. The molecule has 5 rings (SSSR count). The highest BCUT2D eigenvalue weighted by molar-refractivity contribution is 5.97. The van der Waals surface area contributed by atoms with Crippen LogP contribution in [0.4, 0.5) is 0 Å². The number of hydrogen-bond acceptors (Lipinski definition) is 3. The van der Waals surface area contributed by atoms with Gasteiger partial charge in [0.1, 0.15) is 0 Å². The molecule has 2 heterocycles. The number of para-hydroxylation sites is 1. The lowest BCUT2D eigenvalue weighted by molar-refractivity contribution is 0.0691. The number of aryl methyl sites for hydroxylation is 1. The summed E-state index contributed by atoms with van der Waals surface area (Å²) in [4.78, 5) is 19.4. The van der Waals surface area contributed by atoms with Gasteiger partial charge in [-0.25, -0.2) is 0 Å². The first-order valence-corrected chi connectivity index (χ1v) is 10.8. The number of carbonyl (C=O) groups excluding carboxylic acids is 1. The number of nitrogens with zero attached hydrogens (tertiary/aromatic N) is 1. The van der Waals surface area contributed by atoms with Crippen molar-refractivity contribution < 1.29 is 14.3 Å². The van der Waals surface area contributed by atoms with E-state index in [2.05, 4.69) is 23.2 Å². The molecule has 1 unspecified atom stereocenters. The van der Waals surface area contributed by atoms with Crippen molar-refractivity contribution in [3.63, 3.8) is 0 Å². The molecule has 0 saturated heterocycles. The summed E-state index contributed by atoms with van der Waals surface area (Å²) in [6, 6.07) is 21.8. The Hall–Kier alpha value is -3.73. The van der Waals surface area contributed by atoms with Crippen LogP contribution in [-0.4, -0.2) is 36.6 Å². The molecule has 5 nitrogen and oxygen atoms in total. The van der Waals surface area contributed by atoms with Crippen LogP contribution in [0.2, 0.25) is 0 Å². The summed E-state index contributed by atoms with van der Waals surface area (Å²) in [6.07, 6.45) is 0.806. The molecule has 0 bridgehead atoms. The van der Waals surface area contributed by atoms with Gasteiger partial charge in [-0.3, -0.25) is 4.79 Å². The van der Waals surface area contributed by atoms with Crippen molar-refractivity contribution in [2.75, 3.05) is 20.8 Å². The van der Waals surface area contributed by atoms with Crippen LogP contribution < -0.4 is 9.47 Å². The fraction of sp³-hybridized carbons (Fsp3) is 0.222. The Morgan fingerprint density at radius 2 is 1.72 bits per heavy atom. The summed E-state index contributed by atoms with van der Waals surface area (Å²) < 4.78 is 11.0. The summed E-state index contributed by atoms with van der Waals surface area (Å²) in [6.45, 7) is 2.62. The van der Waals surface area contributed by atoms with E-state index < -0.39 is 0 Å². The minimum atomic E-state index is -0.252. The van der Waals surface area contributed by atoms with E-state index in [-0.39, 0.29) is 11.9 Å². The minimum absolute atomic E-state index is 0.0344. The van der Waals surface area contributed by atoms with Crippen molar-refractivity contribution in [2.24, 2.45) is 0 Å². The van der Waals surface area contributed by atoms with Gasteiger partial charge < -0.3 is 19.4 Å². The number of H-pyrrole nitrogens is 1. The summed E-state index contributed by atoms with van der Waals surface area (Å²) in [7, 11) is 3.26. The van der Waals surface area contributed by atoms with Crippen LogP contribution >= 0.6 is 0 Å². The predicted octanol–water partition coefficient (Wildman–Crippen LogP) is 5.28. The smallest absolute Gasteiger partial charge is 0.254 e. The van der Waals surface area contributed by atoms with Gasteiger partial charge in [-0.2, -0.15) is 0 Å². The third kappa shape index (κ3) is 3.21. The van der Waals surface area contributed by atoms with Crippen molar-refractivity contribution >= 4 is 16.8 Å². The number of fused-ring (bicyclic) bond motifs is 3. The lowest BCUT2D eigenvalue weighted by Gasteiger charge is -2.36. The van der Waals surface area contributed by atoms with Crippen LogP contribution in [-0.2, 0) is 6.42 Å². The molecule has 32 heavy (non-hydrogen) atoms. The molecule has 1 aromatic heterocycles. The lowest BCUT2D eigenvalue weighted by Crippen LogP contribution is -2.40. The zero-order valence-electron chi connectivity index (χ0n) is 18.5. The summed E-state index contributed by atoms with van der Waals surface area (Å²) in [5.41, 5.74) is 6.12. The van der Waals surface area contributed by atoms with Crippen LogP contribution in [0.3, 0.4) is 0 Å². The number of hydrogen-bond donors (Lipinski definition) is 1. The Kier molecular flexibility index (Phi) is 5.10. The zero-order chi connectivity index (χ0) is 22.2. The maximum Gasteiger partial charge on any atom is 0.254 e. The molecule has 0 fully saturated rings. The molecule has 0 radical (unpaired) electrons. The van der Waals surface area contributed by atoms with E-state index in [0.29, 0.717) is 18.0 Å². The molecule has 1 N–H and O–H groups in total. The van der Waals surface area contributed by atoms with Gasteiger partial charge in [0.25, 0.3) is 5.91 Å². The fourth-order valence-corrected chi connectivity index (χ4v) is 4.80. The average Bonchev–Trinajstić information content (AvgIpc) is 3.21. The van der Waals surface area contributed by atoms with Gasteiger partial charge in [0.05, 0.1) is 20.3 Å². The summed E-state index contributed by atoms with van der Waals surface area (Å²) in [5.74, 6) is 1.35. The highest BCUT2D eigenvalue weighted by Gasteiger charge is 2.35. The molecular weight excluding hydrogens is 400 g/mol. The number of ether oxygens (including phenoxy) is 2.